The van der Waals surface area contributed by atoms with Gasteiger partial charge in [0, 0.05) is 13.0 Å². The fraction of sp³-hybridized carbons (Fsp3) is 0.750. The van der Waals surface area contributed by atoms with E-state index in [0.29, 0.717) is 13.0 Å². The van der Waals surface area contributed by atoms with Crippen molar-refractivity contribution in [3.8, 4) is 0 Å². The maximum absolute atomic E-state index is 14.2. The third-order valence-corrected chi connectivity index (χ3v) is 11.0. The van der Waals surface area contributed by atoms with Crippen LogP contribution in [0.25, 0.3) is 0 Å². The lowest BCUT2D eigenvalue weighted by molar-refractivity contribution is -0.144. The topological polar surface area (TPSA) is 99.8 Å². The Hall–Kier alpha value is -2.10. The molecule has 0 aromatic heterocycles. The molecule has 2 heterocycles. The normalized spacial score (nSPS) is 25.5. The number of nitrogens with zero attached hydrogens (tertiary/aromatic N) is 1. The quantitative estimate of drug-likeness (QED) is 0.173. The van der Waals surface area contributed by atoms with E-state index in [-0.39, 0.29) is 41.8 Å². The lowest BCUT2D eigenvalue weighted by Gasteiger charge is -2.35. The second-order valence-corrected chi connectivity index (χ2v) is 15.2. The van der Waals surface area contributed by atoms with Gasteiger partial charge >= 0.3 is 0 Å². The van der Waals surface area contributed by atoms with Crippen LogP contribution in [0.2, 0.25) is 0 Å². The van der Waals surface area contributed by atoms with Crippen LogP contribution in [0.5, 0.6) is 0 Å². The molecule has 9 heteroatoms. The van der Waals surface area contributed by atoms with Gasteiger partial charge in [0.15, 0.2) is 0 Å². The predicted octanol–water partition coefficient (Wildman–Crippen LogP) is 5.89. The zero-order chi connectivity index (χ0) is 32.2. The highest BCUT2D eigenvalue weighted by atomic mass is 32.2. The second-order valence-electron chi connectivity index (χ2n) is 13.9. The highest BCUT2D eigenvalue weighted by molar-refractivity contribution is 7.99. The number of carbonyl (C=O) groups is 3. The van der Waals surface area contributed by atoms with E-state index in [9.17, 15) is 14.4 Å². The maximum atomic E-state index is 14.2. The Labute approximate surface area is 275 Å². The van der Waals surface area contributed by atoms with Gasteiger partial charge in [-0.3, -0.25) is 14.4 Å². The molecule has 1 aromatic carbocycles. The average Bonchev–Trinajstić information content (AvgIpc) is 3.44. The summed E-state index contributed by atoms with van der Waals surface area (Å²) in [4.78, 5) is 42.3. The van der Waals surface area contributed by atoms with Crippen molar-refractivity contribution >= 4 is 29.5 Å². The highest BCUT2D eigenvalue weighted by Gasteiger charge is 2.55. The van der Waals surface area contributed by atoms with Gasteiger partial charge in [-0.15, -0.1) is 11.8 Å². The first-order chi connectivity index (χ1) is 21.8. The van der Waals surface area contributed by atoms with E-state index in [2.05, 4.69) is 48.9 Å². The smallest absolute Gasteiger partial charge is 0.246 e. The summed E-state index contributed by atoms with van der Waals surface area (Å²) in [5, 5.41) is 9.02. The van der Waals surface area contributed by atoms with E-state index in [1.165, 1.54) is 69.8 Å². The van der Waals surface area contributed by atoms with Gasteiger partial charge in [0.2, 0.25) is 17.7 Å². The molecule has 3 amide bonds. The van der Waals surface area contributed by atoms with Crippen LogP contribution in [-0.4, -0.2) is 72.1 Å². The number of likely N-dealkylation sites (N-methyl/N-ethyl adjacent to an activating group) is 1. The Balaban J connectivity index is 1.33. The number of carbonyl (C=O) groups excluding carboxylic acids is 3. The molecule has 5 atom stereocenters. The Morgan fingerprint density at radius 3 is 2.33 bits per heavy atom. The number of ether oxygens (including phenoxy) is 1. The molecule has 0 unspecified atom stereocenters. The van der Waals surface area contributed by atoms with Crippen molar-refractivity contribution in [1.29, 1.82) is 0 Å². The zero-order valence-electron chi connectivity index (χ0n) is 28.2. The summed E-state index contributed by atoms with van der Waals surface area (Å²) in [6, 6.07) is 6.79. The molecule has 2 fully saturated rings. The van der Waals surface area contributed by atoms with Crippen LogP contribution in [0.1, 0.15) is 121 Å². The lowest BCUT2D eigenvalue weighted by Crippen LogP contribution is -2.57. The standard InChI is InChI=1S/C36H58N4O4S/c1-5-6-7-8-9-10-11-12-13-14-17-21-44-29-23-26-18-15-16-19-27(26)32(29)39-34(42)33-36(2,3)24-31-40(33)35(43)28(20-22-45-31)38-30(41)25-37-4/h15-16,18-19,28-29,31-33,37H,5-14,17,20-25H2,1-4H3,(H,38,41)(H,39,42)/t28-,29+,31-,32-,33+/m0/s1. The third-order valence-electron chi connectivity index (χ3n) is 9.78. The predicted molar refractivity (Wildman–Crippen MR) is 183 cm³/mol. The molecule has 252 valence electrons. The molecule has 2 aliphatic heterocycles. The minimum atomic E-state index is -0.623. The summed E-state index contributed by atoms with van der Waals surface area (Å²) in [5.41, 5.74) is 1.91. The van der Waals surface area contributed by atoms with Crippen molar-refractivity contribution in [2.45, 2.75) is 140 Å². The minimum absolute atomic E-state index is 0.0848. The van der Waals surface area contributed by atoms with E-state index >= 15 is 0 Å². The number of fused-ring (bicyclic) bond motifs is 2. The molecule has 0 bridgehead atoms. The molecule has 45 heavy (non-hydrogen) atoms. The number of hydrogen-bond donors (Lipinski definition) is 3. The van der Waals surface area contributed by atoms with E-state index in [1.54, 1.807) is 23.7 Å². The molecule has 3 aliphatic rings. The van der Waals surface area contributed by atoms with Crippen LogP contribution in [0.15, 0.2) is 24.3 Å². The lowest BCUT2D eigenvalue weighted by atomic mass is 9.83. The van der Waals surface area contributed by atoms with Crippen LogP contribution in [0, 0.1) is 5.41 Å². The number of rotatable bonds is 18. The largest absolute Gasteiger partial charge is 0.375 e. The molecule has 1 aromatic rings. The first-order valence-electron chi connectivity index (χ1n) is 17.6. The summed E-state index contributed by atoms with van der Waals surface area (Å²) in [5.74, 6) is 0.256. The average molecular weight is 643 g/mol. The molecular formula is C36H58N4O4S. The number of amides is 3. The monoisotopic (exact) mass is 642 g/mol. The summed E-state index contributed by atoms with van der Waals surface area (Å²) in [7, 11) is 1.71. The van der Waals surface area contributed by atoms with Crippen molar-refractivity contribution in [2.24, 2.45) is 5.41 Å². The Bertz CT molecular complexity index is 1110. The van der Waals surface area contributed by atoms with Gasteiger partial charge in [0.05, 0.1) is 24.1 Å². The van der Waals surface area contributed by atoms with Crippen LogP contribution in [0.4, 0.5) is 0 Å². The summed E-state index contributed by atoms with van der Waals surface area (Å²) >= 11 is 1.72. The molecule has 4 rings (SSSR count). The number of hydrogen-bond acceptors (Lipinski definition) is 6. The molecule has 8 nitrogen and oxygen atoms in total. The molecule has 0 spiro atoms. The molecular weight excluding hydrogens is 584 g/mol. The summed E-state index contributed by atoms with van der Waals surface area (Å²) in [6.07, 6.45) is 16.2. The SMILES string of the molecule is CCCCCCCCCCCCCO[C@@H]1Cc2ccccc2[C@@H]1NC(=O)[C@H]1N2C(=O)[C@@H](NC(=O)CNC)CCS[C@H]2CC1(C)C. The molecule has 0 radical (unpaired) electrons. The van der Waals surface area contributed by atoms with Gasteiger partial charge in [0.1, 0.15) is 12.1 Å². The van der Waals surface area contributed by atoms with Gasteiger partial charge in [-0.1, -0.05) is 109 Å². The van der Waals surface area contributed by atoms with Crippen LogP contribution >= 0.6 is 11.8 Å². The number of unbranched alkanes of at least 4 members (excludes halogenated alkanes) is 10. The Kier molecular flexibility index (Phi) is 14.1. The Morgan fingerprint density at radius 2 is 1.64 bits per heavy atom. The van der Waals surface area contributed by atoms with Crippen molar-refractivity contribution < 1.29 is 19.1 Å². The van der Waals surface area contributed by atoms with Gasteiger partial charge < -0.3 is 25.6 Å². The van der Waals surface area contributed by atoms with Gasteiger partial charge in [0.25, 0.3) is 0 Å². The summed E-state index contributed by atoms with van der Waals surface area (Å²) in [6.45, 7) is 7.27. The molecule has 0 saturated carbocycles. The fourth-order valence-corrected chi connectivity index (χ4v) is 8.95. The fourth-order valence-electron chi connectivity index (χ4n) is 7.37. The highest BCUT2D eigenvalue weighted by Crippen LogP contribution is 2.47. The number of benzene rings is 1. The molecule has 3 N–H and O–H groups in total. The van der Waals surface area contributed by atoms with Crippen molar-refractivity contribution in [2.75, 3.05) is 26.0 Å². The van der Waals surface area contributed by atoms with E-state index in [0.717, 1.165) is 30.6 Å². The van der Waals surface area contributed by atoms with Crippen LogP contribution in [-0.2, 0) is 25.5 Å². The first-order valence-corrected chi connectivity index (χ1v) is 18.7. The first kappa shape index (κ1) is 35.7. The van der Waals surface area contributed by atoms with Crippen molar-refractivity contribution in [1.82, 2.24) is 20.9 Å². The zero-order valence-corrected chi connectivity index (χ0v) is 29.0. The molecule has 1 aliphatic carbocycles. The number of nitrogens with one attached hydrogen (secondary N) is 3. The van der Waals surface area contributed by atoms with E-state index in [1.807, 2.05) is 12.1 Å². The van der Waals surface area contributed by atoms with Gasteiger partial charge in [-0.05, 0) is 48.6 Å². The minimum Gasteiger partial charge on any atom is -0.375 e. The second kappa shape index (κ2) is 17.7. The van der Waals surface area contributed by atoms with E-state index < -0.39 is 17.5 Å². The van der Waals surface area contributed by atoms with Crippen molar-refractivity contribution in [3.63, 3.8) is 0 Å². The van der Waals surface area contributed by atoms with Crippen molar-refractivity contribution in [3.05, 3.63) is 35.4 Å². The summed E-state index contributed by atoms with van der Waals surface area (Å²) < 4.78 is 6.47. The molecule has 2 saturated heterocycles. The van der Waals surface area contributed by atoms with Gasteiger partial charge in [-0.2, -0.15) is 0 Å². The third kappa shape index (κ3) is 9.71. The number of thioether (sulfide) groups is 1. The van der Waals surface area contributed by atoms with Gasteiger partial charge in [-0.25, -0.2) is 0 Å². The maximum Gasteiger partial charge on any atom is 0.246 e. The van der Waals surface area contributed by atoms with Crippen LogP contribution < -0.4 is 16.0 Å². The van der Waals surface area contributed by atoms with E-state index in [4.69, 9.17) is 4.74 Å². The Morgan fingerprint density at radius 1 is 0.978 bits per heavy atom. The van der Waals surface area contributed by atoms with Crippen LogP contribution in [0.3, 0.4) is 0 Å².